The molecule has 4 rings (SSSR count). The molecule has 1 atom stereocenters. The second kappa shape index (κ2) is 8.33. The quantitative estimate of drug-likeness (QED) is 0.439. The normalized spacial score (nSPS) is 13.3. The molecule has 2 aromatic heterocycles. The molecule has 4 aromatic rings. The van der Waals surface area contributed by atoms with Gasteiger partial charge in [-0.3, -0.25) is 5.10 Å². The molecule has 2 aromatic carbocycles. The lowest BCUT2D eigenvalue weighted by molar-refractivity contribution is 0.0360. The van der Waals surface area contributed by atoms with E-state index in [0.29, 0.717) is 11.0 Å². The first-order valence-electron chi connectivity index (χ1n) is 9.05. The number of benzene rings is 2. The highest BCUT2D eigenvalue weighted by Crippen LogP contribution is 2.32. The third-order valence-electron chi connectivity index (χ3n) is 4.55. The lowest BCUT2D eigenvalue weighted by Crippen LogP contribution is -2.35. The van der Waals surface area contributed by atoms with Crippen LogP contribution in [0.1, 0.15) is 11.1 Å². The number of aliphatic hydroxyl groups is 1. The summed E-state index contributed by atoms with van der Waals surface area (Å²) in [6, 6.07) is 10.9. The molecule has 10 heteroatoms. The summed E-state index contributed by atoms with van der Waals surface area (Å²) in [5.74, 6) is -0.955. The van der Waals surface area contributed by atoms with Crippen molar-refractivity contribution in [3.05, 3.63) is 77.9 Å². The second-order valence-corrected chi connectivity index (χ2v) is 7.81. The molecule has 0 spiro atoms. The molecule has 1 unspecified atom stereocenters. The van der Waals surface area contributed by atoms with E-state index in [1.54, 1.807) is 0 Å². The Morgan fingerprint density at radius 3 is 2.67 bits per heavy atom. The Morgan fingerprint density at radius 1 is 1.17 bits per heavy atom. The Kier molecular flexibility index (Phi) is 5.60. The monoisotopic (exact) mass is 428 g/mol. The van der Waals surface area contributed by atoms with Crippen molar-refractivity contribution in [2.24, 2.45) is 0 Å². The molecule has 0 aliphatic carbocycles. The number of hydrogen-bond acceptors (Lipinski definition) is 6. The maximum Gasteiger partial charge on any atom is 0.208 e. The van der Waals surface area contributed by atoms with E-state index >= 15 is 0 Å². The van der Waals surface area contributed by atoms with Crippen molar-refractivity contribution in [1.82, 2.24) is 29.9 Å². The van der Waals surface area contributed by atoms with Gasteiger partial charge in [0.2, 0.25) is 5.16 Å². The first-order valence-corrected chi connectivity index (χ1v) is 10.0. The van der Waals surface area contributed by atoms with Gasteiger partial charge in [0.25, 0.3) is 0 Å². The fourth-order valence-corrected chi connectivity index (χ4v) is 3.87. The van der Waals surface area contributed by atoms with E-state index in [1.165, 1.54) is 23.4 Å². The topological polar surface area (TPSA) is 92.5 Å². The fourth-order valence-electron chi connectivity index (χ4n) is 2.99. The van der Waals surface area contributed by atoms with Crippen LogP contribution in [0.2, 0.25) is 0 Å². The Hall–Kier alpha value is -3.11. The minimum atomic E-state index is -1.69. The van der Waals surface area contributed by atoms with E-state index in [4.69, 9.17) is 0 Å². The molecule has 154 valence electrons. The molecule has 0 radical (unpaired) electrons. The molecule has 2 N–H and O–H groups in total. The third kappa shape index (κ3) is 4.39. The van der Waals surface area contributed by atoms with Gasteiger partial charge in [0.1, 0.15) is 29.9 Å². The summed E-state index contributed by atoms with van der Waals surface area (Å²) in [5, 5.41) is 22.7. The van der Waals surface area contributed by atoms with Crippen molar-refractivity contribution in [1.29, 1.82) is 0 Å². The smallest absolute Gasteiger partial charge is 0.208 e. The zero-order valence-electron chi connectivity index (χ0n) is 16.0. The zero-order valence-corrected chi connectivity index (χ0v) is 16.8. The van der Waals surface area contributed by atoms with Crippen LogP contribution in [0.15, 0.2) is 60.3 Å². The van der Waals surface area contributed by atoms with Crippen LogP contribution in [-0.4, -0.2) is 40.8 Å². The highest BCUT2D eigenvalue weighted by atomic mass is 32.2. The van der Waals surface area contributed by atoms with Crippen LogP contribution in [0.3, 0.4) is 0 Å². The summed E-state index contributed by atoms with van der Waals surface area (Å²) < 4.78 is 29.2. The Labute approximate surface area is 175 Å². The molecule has 7 nitrogen and oxygen atoms in total. The third-order valence-corrected chi connectivity index (χ3v) is 5.62. The zero-order chi connectivity index (χ0) is 21.1. The average Bonchev–Trinajstić information content (AvgIpc) is 3.39. The maximum atomic E-state index is 14.5. The number of aromatic amines is 1. The van der Waals surface area contributed by atoms with Crippen LogP contribution < -0.4 is 0 Å². The lowest BCUT2D eigenvalue weighted by atomic mass is 9.95. The van der Waals surface area contributed by atoms with Crippen molar-refractivity contribution in [3.8, 4) is 11.4 Å². The maximum absolute atomic E-state index is 14.5. The lowest BCUT2D eigenvalue weighted by Gasteiger charge is -2.28. The van der Waals surface area contributed by atoms with Gasteiger partial charge in [-0.25, -0.2) is 23.4 Å². The number of aryl methyl sites for hydroxylation is 1. The number of halogens is 2. The van der Waals surface area contributed by atoms with Gasteiger partial charge < -0.3 is 5.11 Å². The summed E-state index contributed by atoms with van der Waals surface area (Å²) in [6.45, 7) is 1.92. The van der Waals surface area contributed by atoms with Crippen molar-refractivity contribution in [3.63, 3.8) is 0 Å². The molecule has 0 bridgehead atoms. The van der Waals surface area contributed by atoms with Crippen molar-refractivity contribution >= 4 is 11.8 Å². The van der Waals surface area contributed by atoms with Gasteiger partial charge >= 0.3 is 0 Å². The molecule has 0 saturated heterocycles. The van der Waals surface area contributed by atoms with Gasteiger partial charge in [0.15, 0.2) is 5.82 Å². The molecule has 2 heterocycles. The highest BCUT2D eigenvalue weighted by molar-refractivity contribution is 7.99. The number of nitrogens with zero attached hydrogens (tertiary/aromatic N) is 5. The van der Waals surface area contributed by atoms with E-state index in [9.17, 15) is 13.9 Å². The van der Waals surface area contributed by atoms with Gasteiger partial charge in [-0.1, -0.05) is 47.7 Å². The summed E-state index contributed by atoms with van der Waals surface area (Å²) in [4.78, 5) is 8.29. The molecule has 0 fully saturated rings. The van der Waals surface area contributed by atoms with Gasteiger partial charge in [0, 0.05) is 22.9 Å². The first-order chi connectivity index (χ1) is 14.4. The number of hydrogen-bond donors (Lipinski definition) is 2. The van der Waals surface area contributed by atoms with Crippen LogP contribution in [0.5, 0.6) is 0 Å². The molecule has 0 amide bonds. The van der Waals surface area contributed by atoms with E-state index in [2.05, 4.69) is 25.3 Å². The standard InChI is InChI=1S/C20H18F2N6OS/c1-13-2-4-14(5-3-13)18-25-19(27-26-18)30-10-20(29,9-28-12-23-11-24-28)16-7-6-15(21)8-17(16)22/h2-8,11-12,29H,9-10H2,1H3,(H,25,26,27). The highest BCUT2D eigenvalue weighted by Gasteiger charge is 2.34. The average molecular weight is 428 g/mol. The molecule has 0 aliphatic heterocycles. The number of nitrogens with one attached hydrogen (secondary N) is 1. The first kappa shape index (κ1) is 20.2. The van der Waals surface area contributed by atoms with Crippen molar-refractivity contribution in [2.75, 3.05) is 5.75 Å². The van der Waals surface area contributed by atoms with Crippen LogP contribution in [0.25, 0.3) is 11.4 Å². The van der Waals surface area contributed by atoms with Gasteiger partial charge in [-0.15, -0.1) is 5.10 Å². The van der Waals surface area contributed by atoms with Crippen LogP contribution >= 0.6 is 11.8 Å². The van der Waals surface area contributed by atoms with Crippen LogP contribution in [0.4, 0.5) is 8.78 Å². The molecular formula is C20H18F2N6OS. The second-order valence-electron chi connectivity index (χ2n) is 6.87. The number of aromatic nitrogens is 6. The largest absolute Gasteiger partial charge is 0.382 e. The summed E-state index contributed by atoms with van der Waals surface area (Å²) in [7, 11) is 0. The van der Waals surface area contributed by atoms with Gasteiger partial charge in [-0.2, -0.15) is 5.10 Å². The van der Waals surface area contributed by atoms with Crippen LogP contribution in [0, 0.1) is 18.6 Å². The molecule has 30 heavy (non-hydrogen) atoms. The molecular weight excluding hydrogens is 410 g/mol. The van der Waals surface area contributed by atoms with E-state index in [0.717, 1.165) is 35.0 Å². The van der Waals surface area contributed by atoms with Crippen LogP contribution in [-0.2, 0) is 12.1 Å². The van der Waals surface area contributed by atoms with Crippen molar-refractivity contribution in [2.45, 2.75) is 24.2 Å². The van der Waals surface area contributed by atoms with Gasteiger partial charge in [-0.05, 0) is 13.0 Å². The molecule has 0 aliphatic rings. The predicted octanol–water partition coefficient (Wildman–Crippen LogP) is 3.33. The fraction of sp³-hybridized carbons (Fsp3) is 0.200. The SMILES string of the molecule is Cc1ccc(-c2nc(SCC(O)(Cn3cncn3)c3ccc(F)cc3F)n[nH]2)cc1. The predicted molar refractivity (Wildman–Crippen MR) is 108 cm³/mol. The number of thioether (sulfide) groups is 1. The number of rotatable bonds is 7. The van der Waals surface area contributed by atoms with E-state index < -0.39 is 17.2 Å². The summed E-state index contributed by atoms with van der Waals surface area (Å²) in [6.07, 6.45) is 2.73. The minimum Gasteiger partial charge on any atom is -0.382 e. The van der Waals surface area contributed by atoms with Gasteiger partial charge in [0.05, 0.1) is 6.54 Å². The Morgan fingerprint density at radius 2 is 1.97 bits per heavy atom. The Balaban J connectivity index is 1.57. The molecule has 0 saturated carbocycles. The minimum absolute atomic E-state index is 0.0145. The van der Waals surface area contributed by atoms with E-state index in [-0.39, 0.29) is 17.9 Å². The van der Waals surface area contributed by atoms with E-state index in [1.807, 2.05) is 31.2 Å². The number of H-pyrrole nitrogens is 1. The summed E-state index contributed by atoms with van der Waals surface area (Å²) in [5.41, 5.74) is 0.275. The Bertz CT molecular complexity index is 1130. The van der Waals surface area contributed by atoms with Crippen molar-refractivity contribution < 1.29 is 13.9 Å². The summed E-state index contributed by atoms with van der Waals surface area (Å²) >= 11 is 1.15.